The molecule has 0 aliphatic carbocycles. The quantitative estimate of drug-likeness (QED) is 0.782. The van der Waals surface area contributed by atoms with Crippen molar-refractivity contribution >= 4 is 11.6 Å². The van der Waals surface area contributed by atoms with Gasteiger partial charge < -0.3 is 4.74 Å². The van der Waals surface area contributed by atoms with E-state index in [9.17, 15) is 0 Å². The Morgan fingerprint density at radius 2 is 2.13 bits per heavy atom. The summed E-state index contributed by atoms with van der Waals surface area (Å²) in [6.07, 6.45) is 1.24. The molecule has 1 aromatic carbocycles. The van der Waals surface area contributed by atoms with Crippen LogP contribution >= 0.6 is 11.6 Å². The number of ether oxygens (including phenoxy) is 1. The van der Waals surface area contributed by atoms with Gasteiger partial charge >= 0.3 is 0 Å². The van der Waals surface area contributed by atoms with Gasteiger partial charge in [0.2, 0.25) is 0 Å². The van der Waals surface area contributed by atoms with Gasteiger partial charge in [-0.2, -0.15) is 0 Å². The molecule has 2 rings (SSSR count). The van der Waals surface area contributed by atoms with E-state index in [2.05, 4.69) is 17.0 Å². The highest BCUT2D eigenvalue weighted by Crippen LogP contribution is 2.33. The number of methoxy groups -OCH3 is 1. The molecular weight excluding hydrogens is 210 g/mol. The van der Waals surface area contributed by atoms with E-state index < -0.39 is 0 Å². The van der Waals surface area contributed by atoms with Crippen LogP contribution in [-0.4, -0.2) is 31.7 Å². The molecule has 0 saturated carbocycles. The first-order valence-corrected chi connectivity index (χ1v) is 5.67. The molecule has 2 nitrogen and oxygen atoms in total. The molecule has 0 spiro atoms. The number of hydrogen-bond donors (Lipinski definition) is 0. The zero-order chi connectivity index (χ0) is 10.7. The molecule has 82 valence electrons. The maximum absolute atomic E-state index is 5.86. The first-order chi connectivity index (χ1) is 7.31. The molecule has 1 fully saturated rings. The van der Waals surface area contributed by atoms with Gasteiger partial charge in [-0.05, 0) is 24.1 Å². The summed E-state index contributed by atoms with van der Waals surface area (Å²) in [5.41, 5.74) is 1.36. The van der Waals surface area contributed by atoms with Gasteiger partial charge in [0.1, 0.15) is 0 Å². The number of hydrogen-bond acceptors (Lipinski definition) is 2. The van der Waals surface area contributed by atoms with Crippen molar-refractivity contribution in [2.24, 2.45) is 0 Å². The number of likely N-dealkylation sites (tertiary alicyclic amines) is 1. The van der Waals surface area contributed by atoms with Gasteiger partial charge in [-0.25, -0.2) is 0 Å². The highest BCUT2D eigenvalue weighted by atomic mass is 35.5. The number of nitrogens with zero attached hydrogens (tertiary/aromatic N) is 1. The minimum Gasteiger partial charge on any atom is -0.383 e. The lowest BCUT2D eigenvalue weighted by Crippen LogP contribution is -2.42. The van der Waals surface area contributed by atoms with Crippen molar-refractivity contribution < 1.29 is 4.74 Å². The van der Waals surface area contributed by atoms with E-state index in [1.807, 2.05) is 12.1 Å². The topological polar surface area (TPSA) is 12.5 Å². The predicted molar refractivity (Wildman–Crippen MR) is 62.3 cm³/mol. The first kappa shape index (κ1) is 10.9. The summed E-state index contributed by atoms with van der Waals surface area (Å²) in [7, 11) is 1.75. The monoisotopic (exact) mass is 225 g/mol. The lowest BCUT2D eigenvalue weighted by atomic mass is 9.95. The lowest BCUT2D eigenvalue weighted by Gasteiger charge is -2.41. The van der Waals surface area contributed by atoms with Crippen molar-refractivity contribution in [1.82, 2.24) is 4.90 Å². The Balaban J connectivity index is 1.96. The van der Waals surface area contributed by atoms with E-state index in [0.717, 1.165) is 18.2 Å². The van der Waals surface area contributed by atoms with Crippen LogP contribution in [0.4, 0.5) is 0 Å². The van der Waals surface area contributed by atoms with Crippen LogP contribution < -0.4 is 0 Å². The molecule has 0 aromatic heterocycles. The standard InChI is InChI=1S/C12H16ClNO/c1-15-9-8-14-7-6-12(14)10-2-4-11(13)5-3-10/h2-5,12H,6-9H2,1H3/t12-/m1/s1. The van der Waals surface area contributed by atoms with Gasteiger partial charge in [-0.3, -0.25) is 4.90 Å². The van der Waals surface area contributed by atoms with Crippen molar-refractivity contribution in [1.29, 1.82) is 0 Å². The molecule has 0 bridgehead atoms. The second-order valence-corrected chi connectivity index (χ2v) is 4.32. The van der Waals surface area contributed by atoms with Crippen LogP contribution in [0.3, 0.4) is 0 Å². The zero-order valence-electron chi connectivity index (χ0n) is 8.95. The van der Waals surface area contributed by atoms with Gasteiger partial charge in [0, 0.05) is 31.3 Å². The summed E-state index contributed by atoms with van der Waals surface area (Å²) < 4.78 is 5.09. The largest absolute Gasteiger partial charge is 0.383 e. The van der Waals surface area contributed by atoms with Crippen LogP contribution in [-0.2, 0) is 4.74 Å². The van der Waals surface area contributed by atoms with Crippen molar-refractivity contribution in [2.75, 3.05) is 26.8 Å². The molecule has 1 aromatic rings. The van der Waals surface area contributed by atoms with Crippen LogP contribution in [0.1, 0.15) is 18.0 Å². The van der Waals surface area contributed by atoms with E-state index in [1.54, 1.807) is 7.11 Å². The third kappa shape index (κ3) is 2.51. The minimum absolute atomic E-state index is 0.567. The molecular formula is C12H16ClNO. The van der Waals surface area contributed by atoms with Crippen molar-refractivity contribution in [2.45, 2.75) is 12.5 Å². The molecule has 0 N–H and O–H groups in total. The van der Waals surface area contributed by atoms with E-state index >= 15 is 0 Å². The summed E-state index contributed by atoms with van der Waals surface area (Å²) in [6.45, 7) is 3.00. The fourth-order valence-electron chi connectivity index (χ4n) is 1.98. The molecule has 15 heavy (non-hydrogen) atoms. The third-order valence-corrected chi connectivity index (χ3v) is 3.22. The van der Waals surface area contributed by atoms with E-state index in [1.165, 1.54) is 18.5 Å². The van der Waals surface area contributed by atoms with Crippen molar-refractivity contribution in [3.05, 3.63) is 34.9 Å². The predicted octanol–water partition coefficient (Wildman–Crippen LogP) is 2.73. The molecule has 1 heterocycles. The van der Waals surface area contributed by atoms with E-state index in [4.69, 9.17) is 16.3 Å². The normalized spacial score (nSPS) is 21.3. The molecule has 1 aliphatic heterocycles. The average Bonchev–Trinajstić information content (AvgIpc) is 2.20. The maximum atomic E-state index is 5.86. The number of rotatable bonds is 4. The summed E-state index contributed by atoms with van der Waals surface area (Å²) >= 11 is 5.86. The summed E-state index contributed by atoms with van der Waals surface area (Å²) in [5, 5.41) is 0.807. The SMILES string of the molecule is COCCN1CC[C@@H]1c1ccc(Cl)cc1. The molecule has 1 aliphatic rings. The second kappa shape index (κ2) is 4.97. The van der Waals surface area contributed by atoms with Gasteiger partial charge in [-0.1, -0.05) is 23.7 Å². The number of benzene rings is 1. The van der Waals surface area contributed by atoms with Crippen LogP contribution in [0, 0.1) is 0 Å². The van der Waals surface area contributed by atoms with Gasteiger partial charge in [-0.15, -0.1) is 0 Å². The van der Waals surface area contributed by atoms with Gasteiger partial charge in [0.05, 0.1) is 6.61 Å². The molecule has 0 amide bonds. The van der Waals surface area contributed by atoms with Crippen molar-refractivity contribution in [3.63, 3.8) is 0 Å². The Kier molecular flexibility index (Phi) is 3.62. The molecule has 1 atom stereocenters. The zero-order valence-corrected chi connectivity index (χ0v) is 9.70. The average molecular weight is 226 g/mol. The highest BCUT2D eigenvalue weighted by Gasteiger charge is 2.28. The summed E-state index contributed by atoms with van der Waals surface area (Å²) in [6, 6.07) is 8.73. The minimum atomic E-state index is 0.567. The van der Waals surface area contributed by atoms with E-state index in [-0.39, 0.29) is 0 Å². The maximum Gasteiger partial charge on any atom is 0.0589 e. The van der Waals surface area contributed by atoms with Gasteiger partial charge in [0.15, 0.2) is 0 Å². The Morgan fingerprint density at radius 3 is 2.67 bits per heavy atom. The van der Waals surface area contributed by atoms with Crippen LogP contribution in [0.25, 0.3) is 0 Å². The fraction of sp³-hybridized carbons (Fsp3) is 0.500. The Labute approximate surface area is 95.8 Å². The smallest absolute Gasteiger partial charge is 0.0589 e. The number of halogens is 1. The molecule has 0 unspecified atom stereocenters. The fourth-order valence-corrected chi connectivity index (χ4v) is 2.11. The first-order valence-electron chi connectivity index (χ1n) is 5.29. The van der Waals surface area contributed by atoms with E-state index in [0.29, 0.717) is 6.04 Å². The second-order valence-electron chi connectivity index (χ2n) is 3.88. The van der Waals surface area contributed by atoms with Gasteiger partial charge in [0.25, 0.3) is 0 Å². The molecule has 3 heteroatoms. The lowest BCUT2D eigenvalue weighted by molar-refractivity contribution is 0.0552. The molecule has 1 saturated heterocycles. The van der Waals surface area contributed by atoms with Crippen LogP contribution in [0.5, 0.6) is 0 Å². The van der Waals surface area contributed by atoms with Crippen molar-refractivity contribution in [3.8, 4) is 0 Å². The van der Waals surface area contributed by atoms with Crippen LogP contribution in [0.2, 0.25) is 5.02 Å². The summed E-state index contributed by atoms with van der Waals surface area (Å²) in [5.74, 6) is 0. The van der Waals surface area contributed by atoms with Crippen LogP contribution in [0.15, 0.2) is 24.3 Å². The summed E-state index contributed by atoms with van der Waals surface area (Å²) in [4.78, 5) is 2.44. The molecule has 0 radical (unpaired) electrons. The highest BCUT2D eigenvalue weighted by molar-refractivity contribution is 6.30. The Bertz CT molecular complexity index is 312. The Morgan fingerprint density at radius 1 is 1.40 bits per heavy atom. The Hall–Kier alpha value is -0.570. The third-order valence-electron chi connectivity index (χ3n) is 2.97.